The van der Waals surface area contributed by atoms with Crippen molar-refractivity contribution in [2.75, 3.05) is 13.1 Å². The molecule has 0 aliphatic carbocycles. The van der Waals surface area contributed by atoms with E-state index in [-0.39, 0.29) is 11.8 Å². The van der Waals surface area contributed by atoms with Crippen LogP contribution in [0.5, 0.6) is 11.5 Å². The van der Waals surface area contributed by atoms with Crippen LogP contribution in [0.4, 0.5) is 0 Å². The summed E-state index contributed by atoms with van der Waals surface area (Å²) in [6.45, 7) is 13.7. The second-order valence-electron chi connectivity index (χ2n) is 9.13. The summed E-state index contributed by atoms with van der Waals surface area (Å²) < 4.78 is 0. The molecule has 0 heterocycles. The lowest BCUT2D eigenvalue weighted by Crippen LogP contribution is -1.98. The Hall–Kier alpha value is -2.62. The summed E-state index contributed by atoms with van der Waals surface area (Å²) in [7, 11) is 0. The molecule has 0 aromatic heterocycles. The van der Waals surface area contributed by atoms with Crippen LogP contribution in [0.25, 0.3) is 0 Å². The van der Waals surface area contributed by atoms with Crippen molar-refractivity contribution in [3.05, 3.63) is 57.6 Å². The van der Waals surface area contributed by atoms with Crippen LogP contribution in [0.3, 0.4) is 0 Å². The van der Waals surface area contributed by atoms with Crippen LogP contribution in [0.1, 0.15) is 99.6 Å². The fraction of sp³-hybridized carbons (Fsp3) is 0.500. The van der Waals surface area contributed by atoms with Crippen molar-refractivity contribution in [2.24, 2.45) is 9.98 Å². The minimum Gasteiger partial charge on any atom is -0.507 e. The third-order valence-corrected chi connectivity index (χ3v) is 5.60. The smallest absolute Gasteiger partial charge is 0.127 e. The van der Waals surface area contributed by atoms with E-state index < -0.39 is 0 Å². The van der Waals surface area contributed by atoms with Crippen LogP contribution in [0, 0.1) is 0 Å². The first kappa shape index (κ1) is 25.6. The molecule has 2 rings (SSSR count). The zero-order chi connectivity index (χ0) is 23.7. The van der Waals surface area contributed by atoms with E-state index in [1.54, 1.807) is 12.4 Å². The molecule has 4 heteroatoms. The minimum absolute atomic E-state index is 0.260. The highest BCUT2D eigenvalue weighted by molar-refractivity contribution is 5.85. The molecule has 4 nitrogen and oxygen atoms in total. The fourth-order valence-corrected chi connectivity index (χ4v) is 3.87. The van der Waals surface area contributed by atoms with Gasteiger partial charge in [0, 0.05) is 23.6 Å². The maximum atomic E-state index is 10.6. The van der Waals surface area contributed by atoms with Gasteiger partial charge >= 0.3 is 0 Å². The second-order valence-corrected chi connectivity index (χ2v) is 9.13. The van der Waals surface area contributed by atoms with Gasteiger partial charge in [0.15, 0.2) is 0 Å². The summed E-state index contributed by atoms with van der Waals surface area (Å²) in [5.74, 6) is 1.17. The van der Waals surface area contributed by atoms with Crippen LogP contribution in [-0.2, 0) is 12.8 Å². The Labute approximate surface area is 194 Å². The Morgan fingerprint density at radius 1 is 0.688 bits per heavy atom. The highest BCUT2D eigenvalue weighted by Gasteiger charge is 2.12. The Balaban J connectivity index is 2.10. The van der Waals surface area contributed by atoms with Gasteiger partial charge < -0.3 is 10.2 Å². The highest BCUT2D eigenvalue weighted by Crippen LogP contribution is 2.31. The van der Waals surface area contributed by atoms with Gasteiger partial charge in [-0.05, 0) is 59.1 Å². The van der Waals surface area contributed by atoms with Crippen LogP contribution >= 0.6 is 0 Å². The number of aromatic hydroxyl groups is 2. The molecule has 2 aromatic rings. The van der Waals surface area contributed by atoms with E-state index in [4.69, 9.17) is 0 Å². The first-order valence-electron chi connectivity index (χ1n) is 12.0. The largest absolute Gasteiger partial charge is 0.507 e. The molecule has 0 aliphatic heterocycles. The summed E-state index contributed by atoms with van der Waals surface area (Å²) in [5, 5.41) is 21.3. The molecule has 0 atom stereocenters. The van der Waals surface area contributed by atoms with Crippen LogP contribution in [0.2, 0.25) is 0 Å². The summed E-state index contributed by atoms with van der Waals surface area (Å²) in [4.78, 5) is 8.98. The van der Waals surface area contributed by atoms with E-state index in [1.807, 2.05) is 12.1 Å². The predicted octanol–water partition coefficient (Wildman–Crippen LogP) is 6.79. The molecule has 0 bridgehead atoms. The van der Waals surface area contributed by atoms with Crippen molar-refractivity contribution in [3.8, 4) is 11.5 Å². The van der Waals surface area contributed by atoms with E-state index in [9.17, 15) is 10.2 Å². The van der Waals surface area contributed by atoms with Crippen molar-refractivity contribution in [3.63, 3.8) is 0 Å². The van der Waals surface area contributed by atoms with Gasteiger partial charge in [-0.25, -0.2) is 0 Å². The molecule has 32 heavy (non-hydrogen) atoms. The Kier molecular flexibility index (Phi) is 9.96. The number of aryl methyl sites for hydroxylation is 2. The number of benzene rings is 2. The van der Waals surface area contributed by atoms with Crippen molar-refractivity contribution in [1.82, 2.24) is 0 Å². The average Bonchev–Trinajstić information content (AvgIpc) is 2.74. The Morgan fingerprint density at radius 2 is 1.06 bits per heavy atom. The molecule has 0 saturated carbocycles. The molecular weight excluding hydrogens is 396 g/mol. The monoisotopic (exact) mass is 436 g/mol. The highest BCUT2D eigenvalue weighted by atomic mass is 16.3. The first-order valence-corrected chi connectivity index (χ1v) is 12.0. The average molecular weight is 437 g/mol. The molecule has 0 amide bonds. The topological polar surface area (TPSA) is 65.2 Å². The predicted molar refractivity (Wildman–Crippen MR) is 137 cm³/mol. The molecule has 0 saturated heterocycles. The van der Waals surface area contributed by atoms with Crippen LogP contribution < -0.4 is 0 Å². The van der Waals surface area contributed by atoms with E-state index in [1.165, 1.54) is 11.1 Å². The number of nitrogens with zero attached hydrogens (tertiary/aromatic N) is 2. The van der Waals surface area contributed by atoms with Crippen molar-refractivity contribution in [2.45, 2.75) is 79.1 Å². The first-order chi connectivity index (χ1) is 15.3. The Morgan fingerprint density at radius 3 is 1.38 bits per heavy atom. The number of hydrogen-bond acceptors (Lipinski definition) is 4. The van der Waals surface area contributed by atoms with E-state index >= 15 is 0 Å². The van der Waals surface area contributed by atoms with Gasteiger partial charge in [-0.2, -0.15) is 0 Å². The van der Waals surface area contributed by atoms with Crippen molar-refractivity contribution >= 4 is 12.4 Å². The molecule has 0 aliphatic rings. The van der Waals surface area contributed by atoms with Gasteiger partial charge in [0.2, 0.25) is 0 Å². The Bertz CT molecular complexity index is 865. The molecule has 0 radical (unpaired) electrons. The SMILES string of the molecule is CCCc1cc(C=NCCN=Cc2cc(CCC)cc(C(C)C)c2O)c(O)c(C(C)C)c1. The fourth-order valence-electron chi connectivity index (χ4n) is 3.87. The number of aliphatic imine (C=N–C) groups is 2. The quantitative estimate of drug-likeness (QED) is 0.301. The molecule has 2 N–H and O–H groups in total. The minimum atomic E-state index is 0.260. The van der Waals surface area contributed by atoms with Crippen LogP contribution in [-0.4, -0.2) is 35.7 Å². The molecule has 2 aromatic carbocycles. The molecule has 0 fully saturated rings. The van der Waals surface area contributed by atoms with Crippen molar-refractivity contribution in [1.29, 1.82) is 0 Å². The lowest BCUT2D eigenvalue weighted by Gasteiger charge is -2.13. The molecule has 174 valence electrons. The van der Waals surface area contributed by atoms with E-state index in [2.05, 4.69) is 63.7 Å². The standard InChI is InChI=1S/C28H40N2O2/c1-7-9-21-13-23(27(31)25(15-21)19(3)4)17-29-11-12-30-18-24-14-22(10-8-2)16-26(20(5)6)28(24)32/h13-20,31-32H,7-12H2,1-6H3. The number of phenolic OH excluding ortho intramolecular Hbond substituents is 2. The zero-order valence-electron chi connectivity index (χ0n) is 20.7. The summed E-state index contributed by atoms with van der Waals surface area (Å²) in [6.07, 6.45) is 7.63. The van der Waals surface area contributed by atoms with E-state index in [0.717, 1.165) is 47.9 Å². The number of hydrogen-bond donors (Lipinski definition) is 2. The third kappa shape index (κ3) is 6.94. The lowest BCUT2D eigenvalue weighted by atomic mass is 9.95. The molecular formula is C28H40N2O2. The third-order valence-electron chi connectivity index (χ3n) is 5.60. The maximum absolute atomic E-state index is 10.6. The maximum Gasteiger partial charge on any atom is 0.127 e. The second kappa shape index (κ2) is 12.4. The van der Waals surface area contributed by atoms with Gasteiger partial charge in [-0.15, -0.1) is 0 Å². The van der Waals surface area contributed by atoms with Crippen LogP contribution in [0.15, 0.2) is 34.3 Å². The number of rotatable bonds is 11. The van der Waals surface area contributed by atoms with Gasteiger partial charge in [0.05, 0.1) is 13.1 Å². The summed E-state index contributed by atoms with van der Waals surface area (Å²) in [6, 6.07) is 8.27. The zero-order valence-corrected chi connectivity index (χ0v) is 20.7. The summed E-state index contributed by atoms with van der Waals surface area (Å²) in [5.41, 5.74) is 5.96. The lowest BCUT2D eigenvalue weighted by molar-refractivity contribution is 0.463. The van der Waals surface area contributed by atoms with E-state index in [0.29, 0.717) is 24.6 Å². The van der Waals surface area contributed by atoms with Crippen molar-refractivity contribution < 1.29 is 10.2 Å². The van der Waals surface area contributed by atoms with Gasteiger partial charge in [0.25, 0.3) is 0 Å². The van der Waals surface area contributed by atoms with Gasteiger partial charge in [0.1, 0.15) is 11.5 Å². The van der Waals surface area contributed by atoms with Gasteiger partial charge in [-0.3, -0.25) is 9.98 Å². The van der Waals surface area contributed by atoms with Gasteiger partial charge in [-0.1, -0.05) is 66.5 Å². The normalized spacial score (nSPS) is 12.1. The molecule has 0 spiro atoms. The number of phenols is 2. The molecule has 0 unspecified atom stereocenters. The summed E-state index contributed by atoms with van der Waals surface area (Å²) >= 11 is 0.